The van der Waals surface area contributed by atoms with Gasteiger partial charge in [0.15, 0.2) is 0 Å². The molecule has 1 rings (SSSR count). The van der Waals surface area contributed by atoms with Crippen molar-refractivity contribution in [2.75, 3.05) is 6.54 Å². The van der Waals surface area contributed by atoms with Crippen LogP contribution in [0.5, 0.6) is 0 Å². The van der Waals surface area contributed by atoms with Crippen molar-refractivity contribution in [3.05, 3.63) is 29.8 Å². The Labute approximate surface area is 142 Å². The molecule has 0 amide bonds. The molecule has 0 atom stereocenters. The summed E-state index contributed by atoms with van der Waals surface area (Å²) in [5, 5.41) is 0. The molecule has 2 N–H and O–H groups in total. The SMILES string of the molecule is CCC[CH2][Sn]([CH2]CCC)([CH2]CCC)[c]1ccc(CCN)cc1. The van der Waals surface area contributed by atoms with Crippen LogP contribution >= 0.6 is 0 Å². The van der Waals surface area contributed by atoms with Crippen LogP contribution in [0.15, 0.2) is 24.3 Å². The van der Waals surface area contributed by atoms with Crippen molar-refractivity contribution < 1.29 is 0 Å². The van der Waals surface area contributed by atoms with Gasteiger partial charge < -0.3 is 0 Å². The predicted octanol–water partition coefficient (Wildman–Crippen LogP) is 5.24. The van der Waals surface area contributed by atoms with Gasteiger partial charge in [0.05, 0.1) is 0 Å². The van der Waals surface area contributed by atoms with E-state index >= 15 is 0 Å². The van der Waals surface area contributed by atoms with E-state index in [1.165, 1.54) is 44.1 Å². The van der Waals surface area contributed by atoms with Crippen LogP contribution in [0.3, 0.4) is 0 Å². The molecule has 0 aliphatic heterocycles. The van der Waals surface area contributed by atoms with Crippen LogP contribution in [-0.4, -0.2) is 24.9 Å². The Morgan fingerprint density at radius 3 is 1.59 bits per heavy atom. The van der Waals surface area contributed by atoms with Crippen molar-refractivity contribution in [1.29, 1.82) is 0 Å². The minimum absolute atomic E-state index is 0.759. The van der Waals surface area contributed by atoms with Gasteiger partial charge in [-0.15, -0.1) is 0 Å². The Kier molecular flexibility index (Phi) is 10.5. The molecule has 0 aromatic heterocycles. The van der Waals surface area contributed by atoms with E-state index in [0.717, 1.165) is 13.0 Å². The fraction of sp³-hybridized carbons (Fsp3) is 0.700. The summed E-state index contributed by atoms with van der Waals surface area (Å²) in [6.45, 7) is 7.80. The van der Waals surface area contributed by atoms with Crippen molar-refractivity contribution in [1.82, 2.24) is 0 Å². The maximum absolute atomic E-state index is 5.69. The van der Waals surface area contributed by atoms with Crippen molar-refractivity contribution in [3.8, 4) is 0 Å². The van der Waals surface area contributed by atoms with E-state index in [9.17, 15) is 0 Å². The van der Waals surface area contributed by atoms with Gasteiger partial charge in [0, 0.05) is 0 Å². The molecule has 1 aromatic rings. The molecule has 0 fully saturated rings. The molecule has 0 spiro atoms. The Morgan fingerprint density at radius 2 is 1.23 bits per heavy atom. The van der Waals surface area contributed by atoms with Gasteiger partial charge in [-0.1, -0.05) is 0 Å². The summed E-state index contributed by atoms with van der Waals surface area (Å²) in [4.78, 5) is 0. The summed E-state index contributed by atoms with van der Waals surface area (Å²) in [5.74, 6) is 0. The van der Waals surface area contributed by atoms with Gasteiger partial charge in [0.1, 0.15) is 0 Å². The van der Waals surface area contributed by atoms with Crippen LogP contribution in [-0.2, 0) is 6.42 Å². The minimum atomic E-state index is -2.19. The van der Waals surface area contributed by atoms with Gasteiger partial charge in [-0.3, -0.25) is 0 Å². The molecule has 0 aliphatic carbocycles. The van der Waals surface area contributed by atoms with Gasteiger partial charge in [-0.25, -0.2) is 0 Å². The van der Waals surface area contributed by atoms with Crippen LogP contribution in [0, 0.1) is 0 Å². The molecule has 0 bridgehead atoms. The molecule has 0 aliphatic rings. The number of unbranched alkanes of at least 4 members (excludes halogenated alkanes) is 3. The summed E-state index contributed by atoms with van der Waals surface area (Å²) >= 11 is -2.19. The Hall–Kier alpha value is -0.0213. The predicted molar refractivity (Wildman–Crippen MR) is 104 cm³/mol. The molecule has 0 saturated carbocycles. The van der Waals surface area contributed by atoms with E-state index in [1.807, 2.05) is 0 Å². The monoisotopic (exact) mass is 411 g/mol. The quantitative estimate of drug-likeness (QED) is 0.469. The average Bonchev–Trinajstić information content (AvgIpc) is 2.56. The third-order valence-electron chi connectivity index (χ3n) is 5.03. The van der Waals surface area contributed by atoms with Gasteiger partial charge in [-0.2, -0.15) is 0 Å². The summed E-state index contributed by atoms with van der Waals surface area (Å²) in [5.41, 5.74) is 7.10. The first-order chi connectivity index (χ1) is 10.7. The van der Waals surface area contributed by atoms with Crippen LogP contribution in [0.2, 0.25) is 13.3 Å². The first-order valence-electron chi connectivity index (χ1n) is 9.52. The van der Waals surface area contributed by atoms with Crippen LogP contribution < -0.4 is 9.31 Å². The molecule has 2 heteroatoms. The van der Waals surface area contributed by atoms with E-state index in [4.69, 9.17) is 5.73 Å². The normalized spacial score (nSPS) is 11.8. The second-order valence-electron chi connectivity index (χ2n) is 6.83. The molecule has 1 nitrogen and oxygen atoms in total. The standard InChI is InChI=1S/C8H10N.3C4H9.Sn/c9-7-6-8-4-2-1-3-5-8;3*1-3-4-2;/h2-5H,6-7,9H2;3*1,3-4H2,2H3;. The van der Waals surface area contributed by atoms with Gasteiger partial charge in [0.2, 0.25) is 0 Å². The number of hydrogen-bond donors (Lipinski definition) is 1. The molecule has 1 aromatic carbocycles. The van der Waals surface area contributed by atoms with Crippen molar-refractivity contribution >= 4 is 22.0 Å². The average molecular weight is 410 g/mol. The summed E-state index contributed by atoms with van der Waals surface area (Å²) in [6.07, 6.45) is 9.38. The van der Waals surface area contributed by atoms with Crippen molar-refractivity contribution in [2.45, 2.75) is 79.0 Å². The molecule has 22 heavy (non-hydrogen) atoms. The molecule has 0 radical (unpaired) electrons. The van der Waals surface area contributed by atoms with E-state index < -0.39 is 18.4 Å². The maximum atomic E-state index is 5.69. The fourth-order valence-corrected chi connectivity index (χ4v) is 19.5. The third kappa shape index (κ3) is 6.23. The second-order valence-corrected chi connectivity index (χ2v) is 20.1. The summed E-state index contributed by atoms with van der Waals surface area (Å²) < 4.78 is 6.45. The van der Waals surface area contributed by atoms with E-state index in [0.29, 0.717) is 0 Å². The number of benzene rings is 1. The van der Waals surface area contributed by atoms with Crippen molar-refractivity contribution in [2.24, 2.45) is 5.73 Å². The van der Waals surface area contributed by atoms with Gasteiger partial charge in [0.25, 0.3) is 0 Å². The second kappa shape index (κ2) is 11.5. The molecular formula is C20H37NSn. The third-order valence-corrected chi connectivity index (χ3v) is 20.7. The summed E-state index contributed by atoms with van der Waals surface area (Å²) in [7, 11) is 0. The van der Waals surface area contributed by atoms with E-state index in [1.54, 1.807) is 16.9 Å². The molecular weight excluding hydrogens is 373 g/mol. The zero-order chi connectivity index (χ0) is 16.3. The van der Waals surface area contributed by atoms with Crippen molar-refractivity contribution in [3.63, 3.8) is 0 Å². The molecule has 0 saturated heterocycles. The molecule has 0 unspecified atom stereocenters. The van der Waals surface area contributed by atoms with Gasteiger partial charge in [-0.05, 0) is 0 Å². The Morgan fingerprint density at radius 1 is 0.773 bits per heavy atom. The first kappa shape index (κ1) is 20.0. The zero-order valence-electron chi connectivity index (χ0n) is 15.2. The topological polar surface area (TPSA) is 26.0 Å². The molecule has 126 valence electrons. The van der Waals surface area contributed by atoms with Crippen LogP contribution in [0.25, 0.3) is 0 Å². The Bertz CT molecular complexity index is 363. The zero-order valence-corrected chi connectivity index (χ0v) is 18.0. The van der Waals surface area contributed by atoms with E-state index in [2.05, 4.69) is 45.0 Å². The summed E-state index contributed by atoms with van der Waals surface area (Å²) in [6, 6.07) is 9.69. The Balaban J connectivity index is 3.01. The van der Waals surface area contributed by atoms with Crippen LogP contribution in [0.4, 0.5) is 0 Å². The fourth-order valence-electron chi connectivity index (χ4n) is 3.55. The number of hydrogen-bond acceptors (Lipinski definition) is 1. The number of nitrogens with two attached hydrogens (primary N) is 1. The molecule has 0 heterocycles. The van der Waals surface area contributed by atoms with Gasteiger partial charge >= 0.3 is 143 Å². The van der Waals surface area contributed by atoms with Crippen LogP contribution in [0.1, 0.15) is 64.9 Å². The van der Waals surface area contributed by atoms with E-state index in [-0.39, 0.29) is 0 Å². The number of rotatable bonds is 12. The first-order valence-corrected chi connectivity index (χ1v) is 17.0.